The Morgan fingerprint density at radius 2 is 1.47 bits per heavy atom. The Morgan fingerprint density at radius 1 is 0.811 bits per heavy atom. The van der Waals surface area contributed by atoms with Gasteiger partial charge in [0, 0.05) is 55.6 Å². The average Bonchev–Trinajstić information content (AvgIpc) is 3.68. The van der Waals surface area contributed by atoms with Gasteiger partial charge in [-0.15, -0.1) is 0 Å². The number of amides is 8. The molecule has 8 N–H and O–H groups in total. The summed E-state index contributed by atoms with van der Waals surface area (Å²) in [6.45, 7) is 6.91. The number of carbonyl (C=O) groups is 10. The Labute approximate surface area is 429 Å². The van der Waals surface area contributed by atoms with Crippen LogP contribution in [0.25, 0.3) is 10.9 Å². The summed E-state index contributed by atoms with van der Waals surface area (Å²) in [5, 5.41) is 23.8. The minimum atomic E-state index is -1.53. The zero-order chi connectivity index (χ0) is 53.7. The van der Waals surface area contributed by atoms with Crippen LogP contribution >= 0.6 is 0 Å². The van der Waals surface area contributed by atoms with Crippen molar-refractivity contribution < 1.29 is 57.8 Å². The molecule has 21 heteroatoms. The smallest absolute Gasteiger partial charge is 0.325 e. The molecule has 3 heterocycles. The second-order valence-electron chi connectivity index (χ2n) is 20.3. The van der Waals surface area contributed by atoms with Gasteiger partial charge in [-0.05, 0) is 82.9 Å². The number of hydrogen-bond donors (Lipinski definition) is 7. The summed E-state index contributed by atoms with van der Waals surface area (Å²) in [5.41, 5.74) is 6.25. The quantitative estimate of drug-likeness (QED) is 0.0527. The summed E-state index contributed by atoms with van der Waals surface area (Å²) in [6.07, 6.45) is 3.36. The zero-order valence-electron chi connectivity index (χ0n) is 42.2. The number of likely N-dealkylation sites (tertiary alicyclic amines) is 1. The van der Waals surface area contributed by atoms with Crippen LogP contribution in [0, 0.1) is 11.8 Å². The van der Waals surface area contributed by atoms with Gasteiger partial charge in [-0.2, -0.15) is 0 Å². The number of pyridine rings is 1. The van der Waals surface area contributed by atoms with E-state index in [0.717, 1.165) is 48.1 Å². The molecule has 3 aromatic rings. The summed E-state index contributed by atoms with van der Waals surface area (Å²) in [6, 6.07) is 13.1. The Hall–Kier alpha value is -7.55. The Bertz CT molecular complexity index is 2600. The van der Waals surface area contributed by atoms with Gasteiger partial charge in [0.1, 0.15) is 29.9 Å². The van der Waals surface area contributed by atoms with Crippen molar-refractivity contribution in [3.63, 3.8) is 0 Å². The van der Waals surface area contributed by atoms with Crippen molar-refractivity contribution in [2.75, 3.05) is 19.6 Å². The molecule has 1 aliphatic carbocycles. The number of nitrogens with zero attached hydrogens (tertiary/aromatic N) is 3. The predicted octanol–water partition coefficient (Wildman–Crippen LogP) is 1.81. The first-order valence-electron chi connectivity index (χ1n) is 25.0. The van der Waals surface area contributed by atoms with Gasteiger partial charge >= 0.3 is 11.9 Å². The third-order valence-electron chi connectivity index (χ3n) is 13.4. The number of piperidine rings is 1. The summed E-state index contributed by atoms with van der Waals surface area (Å²) < 4.78 is 6.36. The number of primary amides is 1. The molecule has 74 heavy (non-hydrogen) atoms. The lowest BCUT2D eigenvalue weighted by Gasteiger charge is -2.47. The van der Waals surface area contributed by atoms with Crippen molar-refractivity contribution in [2.24, 2.45) is 17.6 Å². The third kappa shape index (κ3) is 16.0. The summed E-state index contributed by atoms with van der Waals surface area (Å²) in [5.74, 6) is -7.48. The number of rotatable bonds is 23. The largest absolute Gasteiger partial charge is 0.480 e. The van der Waals surface area contributed by atoms with Crippen molar-refractivity contribution in [3.8, 4) is 0 Å². The van der Waals surface area contributed by atoms with Crippen LogP contribution in [-0.2, 0) is 54.3 Å². The summed E-state index contributed by atoms with van der Waals surface area (Å²) >= 11 is 0. The predicted molar refractivity (Wildman–Crippen MR) is 269 cm³/mol. The van der Waals surface area contributed by atoms with Gasteiger partial charge in [0.05, 0.1) is 24.0 Å². The van der Waals surface area contributed by atoms with Crippen molar-refractivity contribution in [1.29, 1.82) is 0 Å². The number of carboxylic acids is 1. The molecule has 1 saturated heterocycles. The lowest BCUT2D eigenvalue weighted by Crippen LogP contribution is -2.61. The van der Waals surface area contributed by atoms with Crippen molar-refractivity contribution in [3.05, 3.63) is 90.1 Å². The van der Waals surface area contributed by atoms with Crippen molar-refractivity contribution in [1.82, 2.24) is 41.4 Å². The Balaban J connectivity index is 1.31. The SMILES string of the molecule is C[C@@H](NC(=O)[C@H](CCC(=O)O[C@H](CN1C[C@H]2CCCC[C@H]2C[C@H]1C(=O)NC(C)(C)C)[C@H](Cc1ccccc1)NC(=O)[C@H](CC(N)=O)NC(=O)c1ccc2ccccc2n1)NC(=O)CCN1C(=O)C=CC1=O)C(=O)O. The van der Waals surface area contributed by atoms with E-state index in [1.165, 1.54) is 13.0 Å². The van der Waals surface area contributed by atoms with E-state index in [2.05, 4.69) is 31.6 Å². The molecule has 21 nitrogen and oxygen atoms in total. The zero-order valence-corrected chi connectivity index (χ0v) is 42.2. The number of benzene rings is 2. The fourth-order valence-electron chi connectivity index (χ4n) is 9.63. The lowest BCUT2D eigenvalue weighted by molar-refractivity contribution is -0.155. The Morgan fingerprint density at radius 3 is 2.15 bits per heavy atom. The fraction of sp³-hybridized carbons (Fsp3) is 0.491. The third-order valence-corrected chi connectivity index (χ3v) is 13.4. The van der Waals surface area contributed by atoms with E-state index in [0.29, 0.717) is 24.0 Å². The number of imide groups is 1. The summed E-state index contributed by atoms with van der Waals surface area (Å²) in [7, 11) is 0. The highest BCUT2D eigenvalue weighted by molar-refractivity contribution is 6.13. The van der Waals surface area contributed by atoms with Gasteiger partial charge in [-0.3, -0.25) is 57.7 Å². The van der Waals surface area contributed by atoms with E-state index >= 15 is 0 Å². The molecule has 1 saturated carbocycles. The number of para-hydroxylation sites is 1. The number of fused-ring (bicyclic) bond motifs is 2. The first kappa shape index (κ1) is 55.8. The van der Waals surface area contributed by atoms with Crippen molar-refractivity contribution in [2.45, 2.75) is 134 Å². The molecule has 6 rings (SSSR count). The fourth-order valence-corrected chi connectivity index (χ4v) is 9.63. The molecule has 0 spiro atoms. The molecular formula is C53H67N9O12. The number of nitrogens with one attached hydrogen (secondary N) is 5. The molecule has 2 fully saturated rings. The molecule has 0 radical (unpaired) electrons. The average molecular weight is 1020 g/mol. The van der Waals surface area contributed by atoms with Gasteiger partial charge in [-0.25, -0.2) is 4.98 Å². The monoisotopic (exact) mass is 1020 g/mol. The number of carbonyl (C=O) groups excluding carboxylic acids is 9. The lowest BCUT2D eigenvalue weighted by atomic mass is 9.72. The summed E-state index contributed by atoms with van der Waals surface area (Å²) in [4.78, 5) is 139. The highest BCUT2D eigenvalue weighted by Gasteiger charge is 2.43. The molecule has 0 bridgehead atoms. The van der Waals surface area contributed by atoms with Crippen LogP contribution in [0.3, 0.4) is 0 Å². The van der Waals surface area contributed by atoms with Crippen LogP contribution in [0.2, 0.25) is 0 Å². The molecular weight excluding hydrogens is 955 g/mol. The molecule has 8 amide bonds. The second-order valence-corrected chi connectivity index (χ2v) is 20.3. The number of aromatic nitrogens is 1. The number of aliphatic carboxylic acids is 1. The number of nitrogens with two attached hydrogens (primary N) is 1. The van der Waals surface area contributed by atoms with E-state index in [1.807, 2.05) is 37.8 Å². The molecule has 0 unspecified atom stereocenters. The maximum atomic E-state index is 14.6. The van der Waals surface area contributed by atoms with Gasteiger partial charge in [0.2, 0.25) is 29.5 Å². The normalized spacial score (nSPS) is 19.7. The first-order valence-corrected chi connectivity index (χ1v) is 25.0. The number of carboxylic acid groups (broad SMARTS) is 1. The molecule has 396 valence electrons. The van der Waals surface area contributed by atoms with Crippen LogP contribution in [0.1, 0.15) is 102 Å². The molecule has 3 aliphatic rings. The molecule has 1 aromatic heterocycles. The van der Waals surface area contributed by atoms with Gasteiger partial charge < -0.3 is 42.2 Å². The van der Waals surface area contributed by atoms with Crippen LogP contribution in [0.15, 0.2) is 78.9 Å². The van der Waals surface area contributed by atoms with Crippen LogP contribution in [-0.4, -0.2) is 141 Å². The molecule has 8 atom stereocenters. The number of esters is 1. The minimum Gasteiger partial charge on any atom is -0.480 e. The van der Waals surface area contributed by atoms with E-state index in [9.17, 15) is 53.1 Å². The van der Waals surface area contributed by atoms with E-state index < -0.39 is 121 Å². The topological polar surface area (TPSA) is 306 Å². The maximum Gasteiger partial charge on any atom is 0.325 e. The molecule has 2 aromatic carbocycles. The highest BCUT2D eigenvalue weighted by atomic mass is 16.5. The maximum absolute atomic E-state index is 14.6. The number of ether oxygens (including phenoxy) is 1. The van der Waals surface area contributed by atoms with Crippen LogP contribution < -0.4 is 32.3 Å². The second kappa shape index (κ2) is 25.4. The van der Waals surface area contributed by atoms with E-state index in [-0.39, 0.29) is 42.9 Å². The number of hydrogen-bond acceptors (Lipinski definition) is 13. The van der Waals surface area contributed by atoms with Crippen LogP contribution in [0.4, 0.5) is 0 Å². The highest BCUT2D eigenvalue weighted by Crippen LogP contribution is 2.39. The Kier molecular flexibility index (Phi) is 19.1. The van der Waals surface area contributed by atoms with Crippen molar-refractivity contribution >= 4 is 70.1 Å². The first-order chi connectivity index (χ1) is 35.1. The van der Waals surface area contributed by atoms with Gasteiger partial charge in [0.25, 0.3) is 17.7 Å². The van der Waals surface area contributed by atoms with E-state index in [4.69, 9.17) is 10.5 Å². The standard InChI is InChI=1S/C53H67N9O12/c1-31(52(72)73)55-48(68)38(57-44(64)24-25-62-45(65)21-22-46(62)66)20-23-47(67)74-42(30-61-29-35-16-9-8-15-34(35)27-41(61)51(71)60-53(2,3)4)39(26-32-12-6-5-7-13-32)58-50(70)40(28-43(54)63)59-49(69)37-19-18-33-14-10-11-17-36(33)56-37/h5-7,10-14,17-19,21-22,31,34-35,38-42H,8-9,15-16,20,23-30H2,1-4H3,(H2,54,63)(H,55,68)(H,57,64)(H,58,70)(H,59,69)(H,60,71)(H,72,73)/t31-,34+,35-,38+,39+,40+,41+,42-/m1/s1. The minimum absolute atomic E-state index is 0.0287. The van der Waals surface area contributed by atoms with Gasteiger partial charge in [0.15, 0.2) is 0 Å². The van der Waals surface area contributed by atoms with Gasteiger partial charge in [-0.1, -0.05) is 73.9 Å². The van der Waals surface area contributed by atoms with Crippen LogP contribution in [0.5, 0.6) is 0 Å². The molecule has 2 aliphatic heterocycles. The van der Waals surface area contributed by atoms with E-state index in [1.54, 1.807) is 48.5 Å².